The highest BCUT2D eigenvalue weighted by molar-refractivity contribution is 4.90. The molecule has 0 unspecified atom stereocenters. The maximum atomic E-state index is 10.3. The quantitative estimate of drug-likeness (QED) is 0.418. The topological polar surface area (TPSA) is 26.3 Å². The van der Waals surface area contributed by atoms with Gasteiger partial charge in [-0.1, -0.05) is 12.2 Å². The van der Waals surface area contributed by atoms with Crippen LogP contribution in [0.3, 0.4) is 0 Å². The number of rotatable bonds is 0. The predicted molar refractivity (Wildman–Crippen MR) is 28.7 cm³/mol. The predicted octanol–water partition coefficient (Wildman–Crippen LogP) is 0.746. The zero-order valence-corrected chi connectivity index (χ0v) is 4.13. The van der Waals surface area contributed by atoms with Crippen LogP contribution in [0.5, 0.6) is 0 Å². The minimum absolute atomic E-state index is 0.583. The van der Waals surface area contributed by atoms with E-state index in [-0.39, 0.29) is 0 Å². The molecule has 1 rings (SSSR count). The lowest BCUT2D eigenvalue weighted by atomic mass is 10.3. The van der Waals surface area contributed by atoms with E-state index < -0.39 is 0 Å². The molecule has 0 spiro atoms. The van der Waals surface area contributed by atoms with E-state index in [1.807, 2.05) is 12.2 Å². The van der Waals surface area contributed by atoms with E-state index in [2.05, 4.69) is 0 Å². The highest BCUT2D eigenvalue weighted by Crippen LogP contribution is 1.96. The number of hydrogen-bond donors (Lipinski definition) is 0. The van der Waals surface area contributed by atoms with E-state index >= 15 is 0 Å². The fourth-order valence-electron chi connectivity index (χ4n) is 0.620. The summed E-state index contributed by atoms with van der Waals surface area (Å²) in [6.07, 6.45) is 4.86. The van der Waals surface area contributed by atoms with E-state index in [0.717, 1.165) is 11.5 Å². The molecule has 1 aliphatic rings. The molecule has 0 bridgehead atoms. The Labute approximate surface area is 43.0 Å². The smallest absolute Gasteiger partial charge is 0.00421 e. The van der Waals surface area contributed by atoms with E-state index in [9.17, 15) is 5.21 Å². The van der Waals surface area contributed by atoms with E-state index in [1.54, 1.807) is 0 Å². The molecule has 2 nitrogen and oxygen atoms in total. The van der Waals surface area contributed by atoms with Crippen LogP contribution in [-0.4, -0.2) is 18.2 Å². The third kappa shape index (κ3) is 1.29. The zero-order valence-electron chi connectivity index (χ0n) is 4.13. The maximum absolute atomic E-state index is 10.3. The first-order valence-corrected chi connectivity index (χ1v) is 2.46. The summed E-state index contributed by atoms with van der Waals surface area (Å²) in [7, 11) is 0. The van der Waals surface area contributed by atoms with E-state index in [4.69, 9.17) is 0 Å². The van der Waals surface area contributed by atoms with Gasteiger partial charge < -0.3 is 10.3 Å². The van der Waals surface area contributed by atoms with Gasteiger partial charge in [-0.2, -0.15) is 0 Å². The Morgan fingerprint density at radius 3 is 2.57 bits per heavy atom. The summed E-state index contributed by atoms with van der Waals surface area (Å²) in [6.45, 7) is 1.26. The van der Waals surface area contributed by atoms with Gasteiger partial charge in [-0.3, -0.25) is 0 Å². The minimum atomic E-state index is 0.583. The number of hydrogen-bond acceptors (Lipinski definition) is 2. The summed E-state index contributed by atoms with van der Waals surface area (Å²) >= 11 is 0. The van der Waals surface area contributed by atoms with Gasteiger partial charge in [0.1, 0.15) is 0 Å². The lowest BCUT2D eigenvalue weighted by molar-refractivity contribution is 0.411. The summed E-state index contributed by atoms with van der Waals surface area (Å²) in [6, 6.07) is 0. The lowest BCUT2D eigenvalue weighted by Crippen LogP contribution is -2.19. The van der Waals surface area contributed by atoms with Gasteiger partial charge in [0, 0.05) is 6.54 Å². The van der Waals surface area contributed by atoms with Crippen LogP contribution in [0.4, 0.5) is 0 Å². The maximum Gasteiger partial charge on any atom is 0.00421 e. The van der Waals surface area contributed by atoms with Gasteiger partial charge in [-0.15, -0.1) is 0 Å². The van der Waals surface area contributed by atoms with Crippen LogP contribution >= 0.6 is 0 Å². The molecule has 0 saturated heterocycles. The zero-order chi connectivity index (χ0) is 5.11. The molecule has 40 valence electrons. The third-order valence-electron chi connectivity index (χ3n) is 1.02. The van der Waals surface area contributed by atoms with Crippen molar-refractivity contribution in [3.63, 3.8) is 0 Å². The Morgan fingerprint density at radius 1 is 1.43 bits per heavy atom. The molecule has 2 heteroatoms. The van der Waals surface area contributed by atoms with Crippen molar-refractivity contribution in [2.24, 2.45) is 0 Å². The minimum Gasteiger partial charge on any atom is -0.785 e. The van der Waals surface area contributed by atoms with Crippen LogP contribution in [-0.2, 0) is 0 Å². The molecule has 7 heavy (non-hydrogen) atoms. The molecular weight excluding hydrogens is 90.1 g/mol. The molecule has 0 aromatic heterocycles. The molecular formula is C5H8NO-. The summed E-state index contributed by atoms with van der Waals surface area (Å²) < 4.78 is 0. The van der Waals surface area contributed by atoms with Crippen LogP contribution in [0, 0.1) is 5.21 Å². The molecule has 1 aliphatic heterocycles. The van der Waals surface area contributed by atoms with Gasteiger partial charge in [0.2, 0.25) is 0 Å². The van der Waals surface area contributed by atoms with Crippen molar-refractivity contribution >= 4 is 0 Å². The fraction of sp³-hybridized carbons (Fsp3) is 0.600. The molecule has 0 radical (unpaired) electrons. The van der Waals surface area contributed by atoms with E-state index in [1.165, 1.54) is 0 Å². The SMILES string of the molecule is [O-]N1CC=CCC1. The van der Waals surface area contributed by atoms with E-state index in [0.29, 0.717) is 13.1 Å². The highest BCUT2D eigenvalue weighted by Gasteiger charge is 1.89. The molecule has 0 fully saturated rings. The molecule has 0 aromatic rings. The lowest BCUT2D eigenvalue weighted by Gasteiger charge is -2.28. The van der Waals surface area contributed by atoms with Crippen molar-refractivity contribution in [2.75, 3.05) is 13.1 Å². The van der Waals surface area contributed by atoms with Gasteiger partial charge in [0.25, 0.3) is 0 Å². The molecule has 0 N–H and O–H groups in total. The first kappa shape index (κ1) is 4.81. The average molecular weight is 98.1 g/mol. The molecule has 0 saturated carbocycles. The Balaban J connectivity index is 2.32. The Kier molecular flexibility index (Phi) is 1.44. The van der Waals surface area contributed by atoms with Crippen LogP contribution in [0.25, 0.3) is 0 Å². The third-order valence-corrected chi connectivity index (χ3v) is 1.02. The number of nitrogens with zero attached hydrogens (tertiary/aromatic N) is 1. The second-order valence-electron chi connectivity index (χ2n) is 1.65. The Morgan fingerprint density at radius 2 is 2.29 bits per heavy atom. The van der Waals surface area contributed by atoms with Crippen molar-refractivity contribution in [2.45, 2.75) is 6.42 Å². The van der Waals surface area contributed by atoms with Crippen LogP contribution in [0.2, 0.25) is 0 Å². The summed E-state index contributed by atoms with van der Waals surface area (Å²) in [5, 5.41) is 11.4. The molecule has 0 aliphatic carbocycles. The average Bonchev–Trinajstić information content (AvgIpc) is 1.69. The first-order valence-electron chi connectivity index (χ1n) is 2.46. The summed E-state index contributed by atoms with van der Waals surface area (Å²) in [4.78, 5) is 0. The van der Waals surface area contributed by atoms with Gasteiger partial charge in [0.05, 0.1) is 0 Å². The second-order valence-corrected chi connectivity index (χ2v) is 1.65. The summed E-state index contributed by atoms with van der Waals surface area (Å²) in [5.41, 5.74) is 0. The van der Waals surface area contributed by atoms with Gasteiger partial charge in [-0.05, 0) is 13.0 Å². The van der Waals surface area contributed by atoms with Crippen molar-refractivity contribution in [1.29, 1.82) is 0 Å². The van der Waals surface area contributed by atoms with Gasteiger partial charge >= 0.3 is 0 Å². The number of hydroxylamine groups is 2. The largest absolute Gasteiger partial charge is 0.785 e. The molecule has 0 aromatic carbocycles. The van der Waals surface area contributed by atoms with Gasteiger partial charge in [0.15, 0.2) is 0 Å². The monoisotopic (exact) mass is 98.1 g/mol. The standard InChI is InChI=1S/C5H8NO/c7-6-4-2-1-3-5-6/h1-2H,3-5H2/q-1. The van der Waals surface area contributed by atoms with Crippen molar-refractivity contribution in [3.05, 3.63) is 17.4 Å². The Bertz CT molecular complexity index is 80.1. The first-order chi connectivity index (χ1) is 3.39. The van der Waals surface area contributed by atoms with Crippen molar-refractivity contribution in [3.8, 4) is 0 Å². The van der Waals surface area contributed by atoms with Crippen LogP contribution in [0.15, 0.2) is 12.2 Å². The van der Waals surface area contributed by atoms with Crippen molar-refractivity contribution in [1.82, 2.24) is 5.06 Å². The normalized spacial score (nSPS) is 23.0. The highest BCUT2D eigenvalue weighted by atomic mass is 16.5. The van der Waals surface area contributed by atoms with Gasteiger partial charge in [-0.25, -0.2) is 0 Å². The van der Waals surface area contributed by atoms with Crippen LogP contribution in [0.1, 0.15) is 6.42 Å². The second kappa shape index (κ2) is 2.09. The fourth-order valence-corrected chi connectivity index (χ4v) is 0.620. The molecule has 0 atom stereocenters. The molecule has 0 amide bonds. The summed E-state index contributed by atoms with van der Waals surface area (Å²) in [5.74, 6) is 0. The Hall–Kier alpha value is -0.340. The van der Waals surface area contributed by atoms with Crippen LogP contribution < -0.4 is 0 Å². The van der Waals surface area contributed by atoms with Crippen molar-refractivity contribution < 1.29 is 0 Å². The molecule has 1 heterocycles.